The lowest BCUT2D eigenvalue weighted by Crippen LogP contribution is -1.86. The molecule has 0 unspecified atom stereocenters. The van der Waals surface area contributed by atoms with Crippen LogP contribution in [0.25, 0.3) is 64.2 Å². The molecule has 1 nitrogen and oxygen atoms in total. The number of rotatable bonds is 2. The molecule has 7 rings (SSSR count). The summed E-state index contributed by atoms with van der Waals surface area (Å²) in [4.78, 5) is 0. The molecule has 0 saturated heterocycles. The smallest absolute Gasteiger partial charge is 0.0495 e. The number of fused-ring (bicyclic) bond motifs is 6. The molecule has 33 heavy (non-hydrogen) atoms. The van der Waals surface area contributed by atoms with E-state index in [0.717, 1.165) is 0 Å². The van der Waals surface area contributed by atoms with Crippen LogP contribution in [-0.4, -0.2) is 4.57 Å². The van der Waals surface area contributed by atoms with Gasteiger partial charge in [0.2, 0.25) is 0 Å². The van der Waals surface area contributed by atoms with Crippen LogP contribution in [0.4, 0.5) is 0 Å². The average Bonchev–Trinajstić information content (AvgIpc) is 3.37. The highest BCUT2D eigenvalue weighted by atomic mass is 32.1. The Morgan fingerprint density at radius 2 is 1.03 bits per heavy atom. The highest BCUT2D eigenvalue weighted by molar-refractivity contribution is 7.25. The summed E-state index contributed by atoms with van der Waals surface area (Å²) in [5, 5.41) is 5.33. The molecule has 0 aliphatic rings. The monoisotopic (exact) mass is 439 g/mol. The lowest BCUT2D eigenvalue weighted by Gasteiger charge is -2.03. The van der Waals surface area contributed by atoms with Gasteiger partial charge in [0.1, 0.15) is 0 Å². The van der Waals surface area contributed by atoms with E-state index in [1.165, 1.54) is 64.2 Å². The van der Waals surface area contributed by atoms with Gasteiger partial charge in [-0.05, 0) is 58.7 Å². The number of aromatic nitrogens is 1. The molecule has 2 heterocycles. The van der Waals surface area contributed by atoms with E-state index >= 15 is 0 Å². The molecule has 0 aliphatic carbocycles. The van der Waals surface area contributed by atoms with Crippen molar-refractivity contribution in [1.82, 2.24) is 4.57 Å². The Hall–Kier alpha value is -3.88. The zero-order chi connectivity index (χ0) is 21.9. The summed E-state index contributed by atoms with van der Waals surface area (Å²) in [5.74, 6) is 0. The van der Waals surface area contributed by atoms with Crippen molar-refractivity contribution in [2.75, 3.05) is 0 Å². The summed E-state index contributed by atoms with van der Waals surface area (Å²) in [5.41, 5.74) is 7.61. The Morgan fingerprint density at radius 1 is 0.455 bits per heavy atom. The van der Waals surface area contributed by atoms with Crippen LogP contribution in [0.15, 0.2) is 109 Å². The highest BCUT2D eigenvalue weighted by Crippen LogP contribution is 2.41. The van der Waals surface area contributed by atoms with Gasteiger partial charge in [-0.15, -0.1) is 11.3 Å². The van der Waals surface area contributed by atoms with Crippen LogP contribution in [0.2, 0.25) is 0 Å². The molecular formula is C31H21NS. The van der Waals surface area contributed by atoms with Crippen molar-refractivity contribution < 1.29 is 0 Å². The third-order valence-electron chi connectivity index (χ3n) is 6.81. The van der Waals surface area contributed by atoms with Gasteiger partial charge in [0.25, 0.3) is 0 Å². The second-order valence-corrected chi connectivity index (χ2v) is 9.79. The van der Waals surface area contributed by atoms with Gasteiger partial charge in [-0.25, -0.2) is 0 Å². The van der Waals surface area contributed by atoms with Gasteiger partial charge in [-0.3, -0.25) is 0 Å². The predicted molar refractivity (Wildman–Crippen MR) is 144 cm³/mol. The van der Waals surface area contributed by atoms with Crippen LogP contribution >= 0.6 is 11.3 Å². The summed E-state index contributed by atoms with van der Waals surface area (Å²) in [6.07, 6.45) is 0. The molecule has 2 heteroatoms. The van der Waals surface area contributed by atoms with E-state index in [-0.39, 0.29) is 0 Å². The maximum atomic E-state index is 2.40. The van der Waals surface area contributed by atoms with Gasteiger partial charge in [0.15, 0.2) is 0 Å². The predicted octanol–water partition coefficient (Wildman–Crippen LogP) is 9.03. The Balaban J connectivity index is 1.49. The van der Waals surface area contributed by atoms with Crippen LogP contribution in [0, 0.1) is 0 Å². The molecule has 0 spiro atoms. The van der Waals surface area contributed by atoms with Gasteiger partial charge in [-0.2, -0.15) is 0 Å². The number of thiophene rings is 1. The molecule has 0 atom stereocenters. The first-order valence-corrected chi connectivity index (χ1v) is 12.1. The minimum absolute atomic E-state index is 1.26. The molecule has 7 aromatic rings. The number of hydrogen-bond donors (Lipinski definition) is 0. The van der Waals surface area contributed by atoms with Crippen molar-refractivity contribution in [3.63, 3.8) is 0 Å². The fourth-order valence-corrected chi connectivity index (χ4v) is 6.21. The molecule has 0 bridgehead atoms. The average molecular weight is 440 g/mol. The molecule has 0 N–H and O–H groups in total. The minimum atomic E-state index is 1.26. The Morgan fingerprint density at radius 3 is 1.73 bits per heavy atom. The van der Waals surface area contributed by atoms with E-state index in [2.05, 4.69) is 121 Å². The summed E-state index contributed by atoms with van der Waals surface area (Å²) in [6, 6.07) is 39.8. The number of nitrogens with zero attached hydrogens (tertiary/aromatic N) is 1. The van der Waals surface area contributed by atoms with E-state index in [1.54, 1.807) is 0 Å². The SMILES string of the molecule is Cn1c2ccc(-c3ccccc3)cc2c2cc3sc4ccc(-c5ccccc5)cc4c3cc21. The number of aryl methyl sites for hydroxylation is 1. The van der Waals surface area contributed by atoms with Gasteiger partial charge in [-0.1, -0.05) is 72.8 Å². The van der Waals surface area contributed by atoms with Gasteiger partial charge >= 0.3 is 0 Å². The molecule has 0 radical (unpaired) electrons. The van der Waals surface area contributed by atoms with Crippen LogP contribution < -0.4 is 0 Å². The van der Waals surface area contributed by atoms with Crippen molar-refractivity contribution in [1.29, 1.82) is 0 Å². The van der Waals surface area contributed by atoms with Crippen molar-refractivity contribution >= 4 is 53.3 Å². The first-order chi connectivity index (χ1) is 16.3. The van der Waals surface area contributed by atoms with Crippen molar-refractivity contribution in [2.24, 2.45) is 7.05 Å². The van der Waals surface area contributed by atoms with Crippen molar-refractivity contribution in [3.05, 3.63) is 109 Å². The Labute approximate surface area is 196 Å². The fraction of sp³-hybridized carbons (Fsp3) is 0.0323. The molecule has 0 amide bonds. The van der Waals surface area contributed by atoms with E-state index < -0.39 is 0 Å². The number of benzene rings is 5. The first kappa shape index (κ1) is 18.7. The quantitative estimate of drug-likeness (QED) is 0.253. The van der Waals surface area contributed by atoms with Crippen LogP contribution in [0.3, 0.4) is 0 Å². The minimum Gasteiger partial charge on any atom is -0.344 e. The normalized spacial score (nSPS) is 11.8. The van der Waals surface area contributed by atoms with E-state index in [9.17, 15) is 0 Å². The molecule has 156 valence electrons. The standard InChI is InChI=1S/C31H21NS/c1-32-28-14-12-22(20-8-4-2-5-9-20)16-24(28)25-19-31-27(18-29(25)32)26-17-23(13-15-30(26)33-31)21-10-6-3-7-11-21/h2-19H,1H3. The lowest BCUT2D eigenvalue weighted by molar-refractivity contribution is 1.02. The zero-order valence-electron chi connectivity index (χ0n) is 18.2. The maximum absolute atomic E-state index is 2.40. The third-order valence-corrected chi connectivity index (χ3v) is 7.94. The lowest BCUT2D eigenvalue weighted by atomic mass is 10.0. The van der Waals surface area contributed by atoms with E-state index in [1.807, 2.05) is 11.3 Å². The van der Waals surface area contributed by atoms with Gasteiger partial charge < -0.3 is 4.57 Å². The largest absolute Gasteiger partial charge is 0.344 e. The van der Waals surface area contributed by atoms with E-state index in [0.29, 0.717) is 0 Å². The van der Waals surface area contributed by atoms with Crippen LogP contribution in [-0.2, 0) is 7.05 Å². The number of hydrogen-bond acceptors (Lipinski definition) is 1. The molecule has 5 aromatic carbocycles. The zero-order valence-corrected chi connectivity index (χ0v) is 19.1. The third kappa shape index (κ3) is 2.84. The summed E-state index contributed by atoms with van der Waals surface area (Å²) >= 11 is 1.89. The van der Waals surface area contributed by atoms with Crippen molar-refractivity contribution in [3.8, 4) is 22.3 Å². The molecule has 2 aromatic heterocycles. The van der Waals surface area contributed by atoms with E-state index in [4.69, 9.17) is 0 Å². The summed E-state index contributed by atoms with van der Waals surface area (Å²) < 4.78 is 5.03. The molecule has 0 saturated carbocycles. The summed E-state index contributed by atoms with van der Waals surface area (Å²) in [7, 11) is 2.18. The Kier molecular flexibility index (Phi) is 3.99. The molecule has 0 fully saturated rings. The highest BCUT2D eigenvalue weighted by Gasteiger charge is 2.14. The summed E-state index contributed by atoms with van der Waals surface area (Å²) in [6.45, 7) is 0. The molecular weight excluding hydrogens is 418 g/mol. The maximum Gasteiger partial charge on any atom is 0.0495 e. The fourth-order valence-electron chi connectivity index (χ4n) is 5.10. The Bertz CT molecular complexity index is 1800. The second-order valence-electron chi connectivity index (χ2n) is 8.70. The first-order valence-electron chi connectivity index (χ1n) is 11.3. The van der Waals surface area contributed by atoms with Gasteiger partial charge in [0.05, 0.1) is 0 Å². The second kappa shape index (κ2) is 7.06. The van der Waals surface area contributed by atoms with Gasteiger partial charge in [0, 0.05) is 49.0 Å². The van der Waals surface area contributed by atoms with Crippen LogP contribution in [0.5, 0.6) is 0 Å². The molecule has 0 aliphatic heterocycles. The van der Waals surface area contributed by atoms with Crippen molar-refractivity contribution in [2.45, 2.75) is 0 Å². The van der Waals surface area contributed by atoms with Crippen LogP contribution in [0.1, 0.15) is 0 Å². The topological polar surface area (TPSA) is 4.93 Å².